The number of benzene rings is 1. The van der Waals surface area contributed by atoms with Crippen LogP contribution in [0.15, 0.2) is 18.2 Å². The Morgan fingerprint density at radius 3 is 2.76 bits per heavy atom. The maximum Gasteiger partial charge on any atom is 0.227 e. The van der Waals surface area contributed by atoms with Crippen LogP contribution in [0.3, 0.4) is 0 Å². The summed E-state index contributed by atoms with van der Waals surface area (Å²) in [6, 6.07) is 6.62. The summed E-state index contributed by atoms with van der Waals surface area (Å²) in [5.74, 6) is 1.43. The van der Waals surface area contributed by atoms with Crippen molar-refractivity contribution in [1.29, 1.82) is 0 Å². The first-order valence-electron chi connectivity index (χ1n) is 8.14. The van der Waals surface area contributed by atoms with Crippen LogP contribution in [0.4, 0.5) is 0 Å². The zero-order valence-electron chi connectivity index (χ0n) is 13.1. The summed E-state index contributed by atoms with van der Waals surface area (Å²) in [6.07, 6.45) is 4.11. The quantitative estimate of drug-likeness (QED) is 0.907. The molecule has 1 aliphatic carbocycles. The lowest BCUT2D eigenvalue weighted by atomic mass is 9.78. The van der Waals surface area contributed by atoms with E-state index in [4.69, 9.17) is 5.73 Å². The highest BCUT2D eigenvalue weighted by Gasteiger charge is 2.40. The second-order valence-corrected chi connectivity index (χ2v) is 6.91. The van der Waals surface area contributed by atoms with Gasteiger partial charge in [-0.3, -0.25) is 4.79 Å². The standard InChI is InChI=1S/C18H26N2O/c1-12-6-7-14(8-13(12)2)9-18(21)20-10-15-4-3-5-17(19)16(15)11-20/h6-8,15-17H,3-5,9-11,19H2,1-2H3. The van der Waals surface area contributed by atoms with Crippen molar-refractivity contribution in [2.24, 2.45) is 17.6 Å². The Labute approximate surface area is 127 Å². The van der Waals surface area contributed by atoms with Gasteiger partial charge in [0.05, 0.1) is 6.42 Å². The molecule has 0 aromatic heterocycles. The van der Waals surface area contributed by atoms with E-state index < -0.39 is 0 Å². The third kappa shape index (κ3) is 2.98. The van der Waals surface area contributed by atoms with Gasteiger partial charge in [-0.15, -0.1) is 0 Å². The van der Waals surface area contributed by atoms with E-state index in [-0.39, 0.29) is 5.91 Å². The van der Waals surface area contributed by atoms with E-state index in [9.17, 15) is 4.79 Å². The monoisotopic (exact) mass is 286 g/mol. The number of carbonyl (C=O) groups is 1. The van der Waals surface area contributed by atoms with Crippen LogP contribution in [0.1, 0.15) is 36.0 Å². The maximum absolute atomic E-state index is 12.5. The summed E-state index contributed by atoms with van der Waals surface area (Å²) in [4.78, 5) is 14.6. The van der Waals surface area contributed by atoms with Gasteiger partial charge in [0.1, 0.15) is 0 Å². The number of fused-ring (bicyclic) bond motifs is 1. The van der Waals surface area contributed by atoms with Gasteiger partial charge in [-0.2, -0.15) is 0 Å². The van der Waals surface area contributed by atoms with E-state index in [0.29, 0.717) is 24.3 Å². The highest BCUT2D eigenvalue weighted by Crippen LogP contribution is 2.35. The molecule has 1 aliphatic heterocycles. The van der Waals surface area contributed by atoms with Gasteiger partial charge >= 0.3 is 0 Å². The van der Waals surface area contributed by atoms with Crippen molar-refractivity contribution in [3.05, 3.63) is 34.9 Å². The number of aryl methyl sites for hydroxylation is 2. The normalized spacial score (nSPS) is 28.5. The molecule has 3 atom stereocenters. The summed E-state index contributed by atoms with van der Waals surface area (Å²) in [7, 11) is 0. The molecule has 2 fully saturated rings. The van der Waals surface area contributed by atoms with Crippen LogP contribution in [-0.2, 0) is 11.2 Å². The Kier molecular flexibility index (Phi) is 4.03. The van der Waals surface area contributed by atoms with Crippen LogP contribution in [0, 0.1) is 25.7 Å². The summed E-state index contributed by atoms with van der Waals surface area (Å²) in [6.45, 7) is 6.00. The molecule has 21 heavy (non-hydrogen) atoms. The fourth-order valence-electron chi connectivity index (χ4n) is 3.92. The molecule has 2 aliphatic rings. The topological polar surface area (TPSA) is 46.3 Å². The van der Waals surface area contributed by atoms with Gasteiger partial charge in [-0.25, -0.2) is 0 Å². The van der Waals surface area contributed by atoms with E-state index in [1.165, 1.54) is 24.0 Å². The molecule has 1 saturated heterocycles. The molecule has 3 heteroatoms. The van der Waals surface area contributed by atoms with Gasteiger partial charge in [-0.1, -0.05) is 24.6 Å². The first-order valence-corrected chi connectivity index (χ1v) is 8.14. The SMILES string of the molecule is Cc1ccc(CC(=O)N2CC3CCCC(N)C3C2)cc1C. The van der Waals surface area contributed by atoms with Crippen molar-refractivity contribution in [2.45, 2.75) is 45.6 Å². The van der Waals surface area contributed by atoms with Gasteiger partial charge in [0, 0.05) is 19.1 Å². The number of hydrogen-bond acceptors (Lipinski definition) is 2. The van der Waals surface area contributed by atoms with Crippen LogP contribution in [-0.4, -0.2) is 29.9 Å². The highest BCUT2D eigenvalue weighted by atomic mass is 16.2. The third-order valence-corrected chi connectivity index (χ3v) is 5.43. The number of carbonyl (C=O) groups excluding carboxylic acids is 1. The Balaban J connectivity index is 1.65. The summed E-state index contributed by atoms with van der Waals surface area (Å²) in [5.41, 5.74) is 9.90. The number of nitrogens with two attached hydrogens (primary N) is 1. The van der Waals surface area contributed by atoms with Crippen molar-refractivity contribution < 1.29 is 4.79 Å². The fraction of sp³-hybridized carbons (Fsp3) is 0.611. The molecule has 3 unspecified atom stereocenters. The van der Waals surface area contributed by atoms with Gasteiger partial charge in [-0.05, 0) is 55.2 Å². The van der Waals surface area contributed by atoms with Crippen LogP contribution < -0.4 is 5.73 Å². The van der Waals surface area contributed by atoms with E-state index in [1.807, 2.05) is 0 Å². The van der Waals surface area contributed by atoms with E-state index in [0.717, 1.165) is 25.1 Å². The molecule has 1 aromatic rings. The summed E-state index contributed by atoms with van der Waals surface area (Å²) in [5, 5.41) is 0. The minimum Gasteiger partial charge on any atom is -0.342 e. The smallest absolute Gasteiger partial charge is 0.227 e. The largest absolute Gasteiger partial charge is 0.342 e. The molecule has 1 amide bonds. The predicted molar refractivity (Wildman–Crippen MR) is 85.0 cm³/mol. The fourth-order valence-corrected chi connectivity index (χ4v) is 3.92. The molecular weight excluding hydrogens is 260 g/mol. The molecular formula is C18H26N2O. The van der Waals surface area contributed by atoms with Crippen molar-refractivity contribution in [3.8, 4) is 0 Å². The summed E-state index contributed by atoms with van der Waals surface area (Å²) < 4.78 is 0. The molecule has 0 radical (unpaired) electrons. The number of nitrogens with zero attached hydrogens (tertiary/aromatic N) is 1. The minimum atomic E-state index is 0.264. The first kappa shape index (κ1) is 14.6. The van der Waals surface area contributed by atoms with Crippen molar-refractivity contribution >= 4 is 5.91 Å². The van der Waals surface area contributed by atoms with Gasteiger partial charge in [0.15, 0.2) is 0 Å². The molecule has 3 nitrogen and oxygen atoms in total. The van der Waals surface area contributed by atoms with Gasteiger partial charge in [0.2, 0.25) is 5.91 Å². The lowest BCUT2D eigenvalue weighted by Gasteiger charge is -2.29. The number of amides is 1. The molecule has 3 rings (SSSR count). The van der Waals surface area contributed by atoms with Crippen molar-refractivity contribution in [3.63, 3.8) is 0 Å². The highest BCUT2D eigenvalue weighted by molar-refractivity contribution is 5.79. The molecule has 0 bridgehead atoms. The van der Waals surface area contributed by atoms with Crippen LogP contribution in [0.2, 0.25) is 0 Å². The molecule has 1 aromatic carbocycles. The van der Waals surface area contributed by atoms with Crippen molar-refractivity contribution in [2.75, 3.05) is 13.1 Å². The predicted octanol–water partition coefficient (Wildman–Crippen LogP) is 2.43. The number of hydrogen-bond donors (Lipinski definition) is 1. The number of likely N-dealkylation sites (tertiary alicyclic amines) is 1. The minimum absolute atomic E-state index is 0.264. The number of rotatable bonds is 2. The average molecular weight is 286 g/mol. The molecule has 114 valence electrons. The second kappa shape index (κ2) is 5.80. The third-order valence-electron chi connectivity index (χ3n) is 5.43. The van der Waals surface area contributed by atoms with E-state index >= 15 is 0 Å². The maximum atomic E-state index is 12.5. The second-order valence-electron chi connectivity index (χ2n) is 6.91. The van der Waals surface area contributed by atoms with E-state index in [1.54, 1.807) is 0 Å². The van der Waals surface area contributed by atoms with Crippen molar-refractivity contribution in [1.82, 2.24) is 4.90 Å². The summed E-state index contributed by atoms with van der Waals surface area (Å²) >= 11 is 0. The lowest BCUT2D eigenvalue weighted by molar-refractivity contribution is -0.129. The van der Waals surface area contributed by atoms with Gasteiger partial charge < -0.3 is 10.6 Å². The molecule has 1 saturated carbocycles. The Bertz CT molecular complexity index is 540. The molecule has 2 N–H and O–H groups in total. The van der Waals surface area contributed by atoms with Gasteiger partial charge in [0.25, 0.3) is 0 Å². The Morgan fingerprint density at radius 2 is 2.05 bits per heavy atom. The zero-order valence-corrected chi connectivity index (χ0v) is 13.1. The average Bonchev–Trinajstić information content (AvgIpc) is 2.89. The van der Waals surface area contributed by atoms with Crippen LogP contribution in [0.25, 0.3) is 0 Å². The molecule has 1 heterocycles. The zero-order chi connectivity index (χ0) is 15.0. The Morgan fingerprint density at radius 1 is 1.24 bits per heavy atom. The van der Waals surface area contributed by atoms with E-state index in [2.05, 4.69) is 36.9 Å². The first-order chi connectivity index (χ1) is 10.0. The Hall–Kier alpha value is -1.35. The van der Waals surface area contributed by atoms with Crippen LogP contribution >= 0.6 is 0 Å². The lowest BCUT2D eigenvalue weighted by Crippen LogP contribution is -2.38. The molecule has 0 spiro atoms. The van der Waals surface area contributed by atoms with Crippen LogP contribution in [0.5, 0.6) is 0 Å².